The van der Waals surface area contributed by atoms with Gasteiger partial charge in [0.2, 0.25) is 11.8 Å². The fourth-order valence-corrected chi connectivity index (χ4v) is 2.70. The minimum atomic E-state index is -0.848. The molecular formula is C17H24N2O2. The second-order valence-electron chi connectivity index (χ2n) is 6.07. The highest BCUT2D eigenvalue weighted by molar-refractivity contribution is 6.13. The van der Waals surface area contributed by atoms with E-state index in [2.05, 4.69) is 10.6 Å². The van der Waals surface area contributed by atoms with E-state index in [4.69, 9.17) is 0 Å². The van der Waals surface area contributed by atoms with E-state index in [0.717, 1.165) is 23.2 Å². The van der Waals surface area contributed by atoms with Crippen LogP contribution in [0.5, 0.6) is 0 Å². The van der Waals surface area contributed by atoms with Crippen LogP contribution in [0.2, 0.25) is 0 Å². The molecule has 1 aromatic carbocycles. The molecule has 114 valence electrons. The number of carbonyl (C=O) groups excluding carboxylic acids is 2. The Morgan fingerprint density at radius 1 is 1.10 bits per heavy atom. The van der Waals surface area contributed by atoms with Crippen molar-refractivity contribution in [2.75, 3.05) is 11.9 Å². The van der Waals surface area contributed by atoms with Gasteiger partial charge >= 0.3 is 0 Å². The van der Waals surface area contributed by atoms with E-state index in [1.54, 1.807) is 0 Å². The van der Waals surface area contributed by atoms with E-state index in [1.807, 2.05) is 39.8 Å². The zero-order chi connectivity index (χ0) is 15.6. The highest BCUT2D eigenvalue weighted by Crippen LogP contribution is 2.47. The van der Waals surface area contributed by atoms with E-state index in [0.29, 0.717) is 19.4 Å². The highest BCUT2D eigenvalue weighted by atomic mass is 16.2. The van der Waals surface area contributed by atoms with Crippen LogP contribution in [0.1, 0.15) is 42.9 Å². The van der Waals surface area contributed by atoms with Crippen molar-refractivity contribution in [3.05, 3.63) is 28.8 Å². The Labute approximate surface area is 126 Å². The first-order valence-corrected chi connectivity index (χ1v) is 7.58. The highest BCUT2D eigenvalue weighted by Gasteiger charge is 2.56. The van der Waals surface area contributed by atoms with Gasteiger partial charge in [0.05, 0.1) is 0 Å². The molecule has 2 N–H and O–H groups in total. The smallest absolute Gasteiger partial charge is 0.240 e. The Hall–Kier alpha value is -1.84. The second kappa shape index (κ2) is 5.88. The molecule has 1 aliphatic rings. The standard InChI is InChI=1S/C17H24N2O2/c1-5-8-18-15(20)17(6-7-17)16(21)19-14-12(3)9-11(2)10-13(14)4/h9-10H,5-8H2,1-4H3,(H,18,20)(H,19,21). The van der Waals surface area contributed by atoms with Gasteiger partial charge in [-0.2, -0.15) is 0 Å². The van der Waals surface area contributed by atoms with Crippen LogP contribution in [0.25, 0.3) is 0 Å². The van der Waals surface area contributed by atoms with Crippen LogP contribution in [0.3, 0.4) is 0 Å². The van der Waals surface area contributed by atoms with Crippen molar-refractivity contribution in [3.8, 4) is 0 Å². The summed E-state index contributed by atoms with van der Waals surface area (Å²) >= 11 is 0. The minimum absolute atomic E-state index is 0.135. The average Bonchev–Trinajstić information content (AvgIpc) is 3.21. The largest absolute Gasteiger partial charge is 0.355 e. The summed E-state index contributed by atoms with van der Waals surface area (Å²) in [4.78, 5) is 24.7. The Bertz CT molecular complexity index is 551. The second-order valence-corrected chi connectivity index (χ2v) is 6.07. The first kappa shape index (κ1) is 15.5. The van der Waals surface area contributed by atoms with Crippen molar-refractivity contribution in [2.24, 2.45) is 5.41 Å². The molecule has 1 aliphatic carbocycles. The quantitative estimate of drug-likeness (QED) is 0.819. The number of anilines is 1. The SMILES string of the molecule is CCCNC(=O)C1(C(=O)Nc2c(C)cc(C)cc2C)CC1. The van der Waals surface area contributed by atoms with Crippen LogP contribution in [0.4, 0.5) is 5.69 Å². The van der Waals surface area contributed by atoms with Crippen molar-refractivity contribution in [3.63, 3.8) is 0 Å². The maximum absolute atomic E-state index is 12.5. The summed E-state index contributed by atoms with van der Waals surface area (Å²) in [6.07, 6.45) is 2.15. The number of amides is 2. The molecule has 1 saturated carbocycles. The van der Waals surface area contributed by atoms with E-state index >= 15 is 0 Å². The zero-order valence-corrected chi connectivity index (χ0v) is 13.3. The Morgan fingerprint density at radius 2 is 1.67 bits per heavy atom. The van der Waals surface area contributed by atoms with Gasteiger partial charge in [-0.1, -0.05) is 24.6 Å². The first-order chi connectivity index (χ1) is 9.90. The summed E-state index contributed by atoms with van der Waals surface area (Å²) in [7, 11) is 0. The van der Waals surface area contributed by atoms with Crippen molar-refractivity contribution in [1.82, 2.24) is 5.32 Å². The molecule has 2 amide bonds. The molecule has 0 unspecified atom stereocenters. The number of aryl methyl sites for hydroxylation is 3. The van der Waals surface area contributed by atoms with E-state index in [9.17, 15) is 9.59 Å². The lowest BCUT2D eigenvalue weighted by Crippen LogP contribution is -2.40. The molecule has 0 saturated heterocycles. The summed E-state index contributed by atoms with van der Waals surface area (Å²) in [5.41, 5.74) is 3.22. The number of benzene rings is 1. The Morgan fingerprint density at radius 3 is 2.14 bits per heavy atom. The topological polar surface area (TPSA) is 58.2 Å². The van der Waals surface area contributed by atoms with Gasteiger partial charge in [0, 0.05) is 12.2 Å². The molecule has 4 nitrogen and oxygen atoms in total. The number of rotatable bonds is 5. The van der Waals surface area contributed by atoms with E-state index in [-0.39, 0.29) is 11.8 Å². The van der Waals surface area contributed by atoms with Gasteiger partial charge in [0.15, 0.2) is 0 Å². The van der Waals surface area contributed by atoms with Crippen LogP contribution >= 0.6 is 0 Å². The molecule has 2 rings (SSSR count). The normalized spacial score (nSPS) is 15.4. The van der Waals surface area contributed by atoms with Crippen molar-refractivity contribution in [1.29, 1.82) is 0 Å². The molecule has 21 heavy (non-hydrogen) atoms. The molecule has 0 aliphatic heterocycles. The molecule has 0 heterocycles. The van der Waals surface area contributed by atoms with Gasteiger partial charge in [0.25, 0.3) is 0 Å². The Kier molecular flexibility index (Phi) is 4.35. The van der Waals surface area contributed by atoms with E-state index in [1.165, 1.54) is 5.56 Å². The minimum Gasteiger partial charge on any atom is -0.355 e. The lowest BCUT2D eigenvalue weighted by molar-refractivity contribution is -0.134. The summed E-state index contributed by atoms with van der Waals surface area (Å²) in [5.74, 6) is -0.310. The lowest BCUT2D eigenvalue weighted by Gasteiger charge is -2.18. The van der Waals surface area contributed by atoms with Crippen LogP contribution < -0.4 is 10.6 Å². The monoisotopic (exact) mass is 288 g/mol. The number of nitrogens with one attached hydrogen (secondary N) is 2. The molecule has 0 bridgehead atoms. The third kappa shape index (κ3) is 3.09. The molecule has 0 aromatic heterocycles. The van der Waals surface area contributed by atoms with Crippen LogP contribution in [-0.2, 0) is 9.59 Å². The third-order valence-electron chi connectivity index (χ3n) is 4.07. The fourth-order valence-electron chi connectivity index (χ4n) is 2.70. The predicted molar refractivity (Wildman–Crippen MR) is 84.3 cm³/mol. The van der Waals surface area contributed by atoms with Crippen LogP contribution in [0.15, 0.2) is 12.1 Å². The van der Waals surface area contributed by atoms with Gasteiger partial charge in [-0.25, -0.2) is 0 Å². The van der Waals surface area contributed by atoms with E-state index < -0.39 is 5.41 Å². The molecule has 0 spiro atoms. The van der Waals surface area contributed by atoms with Gasteiger partial charge in [0.1, 0.15) is 5.41 Å². The number of hydrogen-bond donors (Lipinski definition) is 2. The third-order valence-corrected chi connectivity index (χ3v) is 4.07. The van der Waals surface area contributed by atoms with Gasteiger partial charge in [-0.05, 0) is 51.2 Å². The molecule has 4 heteroatoms. The van der Waals surface area contributed by atoms with Crippen molar-refractivity contribution >= 4 is 17.5 Å². The molecule has 1 aromatic rings. The summed E-state index contributed by atoms with van der Waals surface area (Å²) < 4.78 is 0. The number of carbonyl (C=O) groups is 2. The Balaban J connectivity index is 2.14. The summed E-state index contributed by atoms with van der Waals surface area (Å²) in [6, 6.07) is 4.08. The zero-order valence-electron chi connectivity index (χ0n) is 13.3. The van der Waals surface area contributed by atoms with Crippen molar-refractivity contribution < 1.29 is 9.59 Å². The maximum atomic E-state index is 12.5. The molecule has 0 radical (unpaired) electrons. The predicted octanol–water partition coefficient (Wildman–Crippen LogP) is 2.86. The van der Waals surface area contributed by atoms with Gasteiger partial charge < -0.3 is 10.6 Å². The maximum Gasteiger partial charge on any atom is 0.240 e. The fraction of sp³-hybridized carbons (Fsp3) is 0.529. The average molecular weight is 288 g/mol. The first-order valence-electron chi connectivity index (χ1n) is 7.58. The van der Waals surface area contributed by atoms with Gasteiger partial charge in [-0.15, -0.1) is 0 Å². The lowest BCUT2D eigenvalue weighted by atomic mass is 10.0. The van der Waals surface area contributed by atoms with Crippen LogP contribution in [0, 0.1) is 26.2 Å². The molecular weight excluding hydrogens is 264 g/mol. The summed E-state index contributed by atoms with van der Waals surface area (Å²) in [5, 5.41) is 5.81. The summed E-state index contributed by atoms with van der Waals surface area (Å²) in [6.45, 7) is 8.61. The molecule has 0 atom stereocenters. The number of hydrogen-bond acceptors (Lipinski definition) is 2. The van der Waals surface area contributed by atoms with Crippen molar-refractivity contribution in [2.45, 2.75) is 47.0 Å². The van der Waals surface area contributed by atoms with Gasteiger partial charge in [-0.3, -0.25) is 9.59 Å². The molecule has 1 fully saturated rings. The van der Waals surface area contributed by atoms with Crippen LogP contribution in [-0.4, -0.2) is 18.4 Å².